The third-order valence-corrected chi connectivity index (χ3v) is 2.35. The van der Waals surface area contributed by atoms with E-state index in [1.54, 1.807) is 12.4 Å². The van der Waals surface area contributed by atoms with E-state index in [-0.39, 0.29) is 5.97 Å². The summed E-state index contributed by atoms with van der Waals surface area (Å²) in [7, 11) is 1.35. The van der Waals surface area contributed by atoms with Crippen LogP contribution < -0.4 is 0 Å². The van der Waals surface area contributed by atoms with Gasteiger partial charge in [-0.1, -0.05) is 15.9 Å². The molecule has 2 aromatic rings. The van der Waals surface area contributed by atoms with Crippen LogP contribution in [0.15, 0.2) is 22.9 Å². The van der Waals surface area contributed by atoms with Crippen LogP contribution in [0.5, 0.6) is 0 Å². The highest BCUT2D eigenvalue weighted by molar-refractivity contribution is 9.10. The number of aromatic amines is 1. The number of nitrogens with one attached hydrogen (secondary N) is 1. The van der Waals surface area contributed by atoms with E-state index >= 15 is 0 Å². The lowest BCUT2D eigenvalue weighted by molar-refractivity contribution is 0.0602. The SMILES string of the molecule is COC(=O)c1cc(Br)cc2[nH]cnc12. The Balaban J connectivity index is 2.72. The summed E-state index contributed by atoms with van der Waals surface area (Å²) in [6.45, 7) is 0. The molecule has 0 atom stereocenters. The quantitative estimate of drug-likeness (QED) is 0.794. The molecule has 1 heterocycles. The van der Waals surface area contributed by atoms with Crippen molar-refractivity contribution in [3.63, 3.8) is 0 Å². The molecule has 14 heavy (non-hydrogen) atoms. The van der Waals surface area contributed by atoms with Gasteiger partial charge in [0.1, 0.15) is 5.52 Å². The maximum atomic E-state index is 11.4. The first kappa shape index (κ1) is 9.21. The fraction of sp³-hybridized carbons (Fsp3) is 0.111. The number of carbonyl (C=O) groups excluding carboxylic acids is 1. The van der Waals surface area contributed by atoms with Crippen molar-refractivity contribution in [3.8, 4) is 0 Å². The van der Waals surface area contributed by atoms with E-state index in [0.717, 1.165) is 9.99 Å². The number of carbonyl (C=O) groups is 1. The normalized spacial score (nSPS) is 10.4. The molecule has 0 aliphatic heterocycles. The zero-order chi connectivity index (χ0) is 10.1. The van der Waals surface area contributed by atoms with Crippen LogP contribution in [-0.4, -0.2) is 23.0 Å². The average molecular weight is 255 g/mol. The molecule has 2 rings (SSSR count). The Morgan fingerprint density at radius 3 is 3.07 bits per heavy atom. The van der Waals surface area contributed by atoms with E-state index in [1.807, 2.05) is 6.07 Å². The summed E-state index contributed by atoms with van der Waals surface area (Å²) in [5, 5.41) is 0. The number of nitrogens with zero attached hydrogens (tertiary/aromatic N) is 1. The molecule has 0 aliphatic rings. The topological polar surface area (TPSA) is 55.0 Å². The van der Waals surface area contributed by atoms with E-state index in [2.05, 4.69) is 30.6 Å². The average Bonchev–Trinajstić information content (AvgIpc) is 2.62. The molecule has 0 saturated carbocycles. The number of ether oxygens (including phenoxy) is 1. The third-order valence-electron chi connectivity index (χ3n) is 1.89. The molecule has 4 nitrogen and oxygen atoms in total. The number of imidazole rings is 1. The van der Waals surface area contributed by atoms with Gasteiger partial charge in [0.05, 0.1) is 24.5 Å². The van der Waals surface area contributed by atoms with E-state index in [9.17, 15) is 4.79 Å². The van der Waals surface area contributed by atoms with Gasteiger partial charge in [0.2, 0.25) is 0 Å². The molecule has 0 bridgehead atoms. The van der Waals surface area contributed by atoms with Crippen LogP contribution in [0.1, 0.15) is 10.4 Å². The minimum absolute atomic E-state index is 0.386. The first-order valence-electron chi connectivity index (χ1n) is 3.93. The van der Waals surface area contributed by atoms with Crippen molar-refractivity contribution in [2.24, 2.45) is 0 Å². The van der Waals surface area contributed by atoms with Crippen molar-refractivity contribution in [2.45, 2.75) is 0 Å². The molecule has 5 heteroatoms. The lowest BCUT2D eigenvalue weighted by Crippen LogP contribution is -2.02. The van der Waals surface area contributed by atoms with Gasteiger partial charge in [-0.05, 0) is 12.1 Å². The molecule has 1 N–H and O–H groups in total. The Bertz CT molecular complexity index is 493. The number of methoxy groups -OCH3 is 1. The number of hydrogen-bond donors (Lipinski definition) is 1. The van der Waals surface area contributed by atoms with Crippen LogP contribution in [0.3, 0.4) is 0 Å². The number of halogens is 1. The van der Waals surface area contributed by atoms with Gasteiger partial charge in [-0.15, -0.1) is 0 Å². The van der Waals surface area contributed by atoms with Crippen LogP contribution in [0.2, 0.25) is 0 Å². The zero-order valence-corrected chi connectivity index (χ0v) is 8.96. The molecule has 1 aromatic carbocycles. The smallest absolute Gasteiger partial charge is 0.340 e. The molecule has 72 valence electrons. The van der Waals surface area contributed by atoms with Crippen LogP contribution in [-0.2, 0) is 4.74 Å². The van der Waals surface area contributed by atoms with Crippen molar-refractivity contribution >= 4 is 32.9 Å². The van der Waals surface area contributed by atoms with Crippen molar-refractivity contribution in [2.75, 3.05) is 7.11 Å². The lowest BCUT2D eigenvalue weighted by atomic mass is 10.2. The highest BCUT2D eigenvalue weighted by Gasteiger charge is 2.13. The van der Waals surface area contributed by atoms with Gasteiger partial charge in [-0.25, -0.2) is 9.78 Å². The van der Waals surface area contributed by atoms with Crippen LogP contribution in [0.4, 0.5) is 0 Å². The molecule has 0 saturated heterocycles. The van der Waals surface area contributed by atoms with Gasteiger partial charge < -0.3 is 9.72 Å². The number of aromatic nitrogens is 2. The van der Waals surface area contributed by atoms with E-state index in [0.29, 0.717) is 11.1 Å². The number of rotatable bonds is 1. The van der Waals surface area contributed by atoms with Crippen LogP contribution in [0.25, 0.3) is 11.0 Å². The molecular weight excluding hydrogens is 248 g/mol. The fourth-order valence-corrected chi connectivity index (χ4v) is 1.74. The predicted octanol–water partition coefficient (Wildman–Crippen LogP) is 2.11. The van der Waals surface area contributed by atoms with Gasteiger partial charge in [-0.3, -0.25) is 0 Å². The summed E-state index contributed by atoms with van der Waals surface area (Å²) in [4.78, 5) is 18.4. The summed E-state index contributed by atoms with van der Waals surface area (Å²) in [5.74, 6) is -0.386. The molecule has 0 amide bonds. The molecule has 0 unspecified atom stereocenters. The molecule has 0 spiro atoms. The van der Waals surface area contributed by atoms with Gasteiger partial charge in [0.15, 0.2) is 0 Å². The summed E-state index contributed by atoms with van der Waals surface area (Å²) in [5.41, 5.74) is 1.89. The van der Waals surface area contributed by atoms with Crippen LogP contribution in [0, 0.1) is 0 Å². The summed E-state index contributed by atoms with van der Waals surface area (Å²) in [6, 6.07) is 3.55. The van der Waals surface area contributed by atoms with E-state index in [1.165, 1.54) is 7.11 Å². The van der Waals surface area contributed by atoms with Crippen molar-refractivity contribution in [1.82, 2.24) is 9.97 Å². The Hall–Kier alpha value is -1.36. The van der Waals surface area contributed by atoms with Gasteiger partial charge in [0.25, 0.3) is 0 Å². The summed E-state index contributed by atoms with van der Waals surface area (Å²) >= 11 is 3.31. The van der Waals surface area contributed by atoms with E-state index in [4.69, 9.17) is 0 Å². The second-order valence-corrected chi connectivity index (χ2v) is 3.66. The number of benzene rings is 1. The van der Waals surface area contributed by atoms with Gasteiger partial charge in [-0.2, -0.15) is 0 Å². The molecule has 0 aliphatic carbocycles. The van der Waals surface area contributed by atoms with Gasteiger partial charge in [0, 0.05) is 4.47 Å². The molecule has 0 radical (unpaired) electrons. The fourth-order valence-electron chi connectivity index (χ4n) is 1.28. The Labute approximate surface area is 88.4 Å². The van der Waals surface area contributed by atoms with Gasteiger partial charge >= 0.3 is 5.97 Å². The summed E-state index contributed by atoms with van der Waals surface area (Å²) in [6.07, 6.45) is 1.55. The summed E-state index contributed by atoms with van der Waals surface area (Å²) < 4.78 is 5.47. The Morgan fingerprint density at radius 2 is 2.36 bits per heavy atom. The minimum Gasteiger partial charge on any atom is -0.465 e. The molecular formula is C9H7BrN2O2. The number of hydrogen-bond acceptors (Lipinski definition) is 3. The molecule has 1 aromatic heterocycles. The maximum Gasteiger partial charge on any atom is 0.340 e. The van der Waals surface area contributed by atoms with E-state index < -0.39 is 0 Å². The first-order chi connectivity index (χ1) is 6.72. The first-order valence-corrected chi connectivity index (χ1v) is 4.72. The predicted molar refractivity (Wildman–Crippen MR) is 55.1 cm³/mol. The van der Waals surface area contributed by atoms with Crippen molar-refractivity contribution < 1.29 is 9.53 Å². The highest BCUT2D eigenvalue weighted by Crippen LogP contribution is 2.22. The number of esters is 1. The third kappa shape index (κ3) is 1.39. The van der Waals surface area contributed by atoms with Crippen LogP contribution >= 0.6 is 15.9 Å². The second kappa shape index (κ2) is 3.42. The van der Waals surface area contributed by atoms with Crippen molar-refractivity contribution in [1.29, 1.82) is 0 Å². The Morgan fingerprint density at radius 1 is 1.57 bits per heavy atom. The largest absolute Gasteiger partial charge is 0.465 e. The number of H-pyrrole nitrogens is 1. The monoisotopic (exact) mass is 254 g/mol. The maximum absolute atomic E-state index is 11.4. The number of fused-ring (bicyclic) bond motifs is 1. The highest BCUT2D eigenvalue weighted by atomic mass is 79.9. The molecule has 0 fully saturated rings. The van der Waals surface area contributed by atoms with Crippen molar-refractivity contribution in [3.05, 3.63) is 28.5 Å². The lowest BCUT2D eigenvalue weighted by Gasteiger charge is -2.00. The standard InChI is InChI=1S/C9H7BrN2O2/c1-14-9(13)6-2-5(10)3-7-8(6)12-4-11-7/h2-4H,1H3,(H,11,12). The minimum atomic E-state index is -0.386. The Kier molecular flexibility index (Phi) is 2.25. The zero-order valence-electron chi connectivity index (χ0n) is 7.37. The second-order valence-electron chi connectivity index (χ2n) is 2.74.